The Balaban J connectivity index is 2.93. The van der Waals surface area contributed by atoms with E-state index in [1.165, 1.54) is 25.1 Å². The third kappa shape index (κ3) is 3.70. The van der Waals surface area contributed by atoms with Crippen molar-refractivity contribution >= 4 is 0 Å². The van der Waals surface area contributed by atoms with Gasteiger partial charge in [0.2, 0.25) is 0 Å². The minimum absolute atomic E-state index is 0.0318. The van der Waals surface area contributed by atoms with Gasteiger partial charge in [-0.15, -0.1) is 0 Å². The molecule has 1 N–H and O–H groups in total. The Morgan fingerprint density at radius 1 is 1.12 bits per heavy atom. The van der Waals surface area contributed by atoms with E-state index >= 15 is 0 Å². The van der Waals surface area contributed by atoms with Crippen LogP contribution in [0.2, 0.25) is 0 Å². The second kappa shape index (κ2) is 5.04. The Hall–Kier alpha value is -1.10. The minimum atomic E-state index is -4.35. The molecule has 96 valence electrons. The van der Waals surface area contributed by atoms with Gasteiger partial charge >= 0.3 is 6.18 Å². The van der Waals surface area contributed by atoms with Crippen molar-refractivity contribution in [1.29, 1.82) is 0 Å². The van der Waals surface area contributed by atoms with Crippen LogP contribution in [0.3, 0.4) is 0 Å². The molecule has 1 atom stereocenters. The number of alkyl halides is 3. The van der Waals surface area contributed by atoms with Gasteiger partial charge in [0.25, 0.3) is 0 Å². The van der Waals surface area contributed by atoms with E-state index in [0.717, 1.165) is 6.07 Å². The highest BCUT2D eigenvalue weighted by Crippen LogP contribution is 2.35. The second-order valence-corrected chi connectivity index (χ2v) is 3.98. The maximum Gasteiger partial charge on any atom is 0.389 e. The van der Waals surface area contributed by atoms with E-state index < -0.39 is 30.4 Å². The smallest absolute Gasteiger partial charge is 0.385 e. The van der Waals surface area contributed by atoms with Gasteiger partial charge in [0.05, 0.1) is 5.60 Å². The van der Waals surface area contributed by atoms with Crippen LogP contribution in [0.5, 0.6) is 0 Å². The summed E-state index contributed by atoms with van der Waals surface area (Å²) in [5.74, 6) is -0.681. The number of aliphatic hydroxyl groups is 1. The van der Waals surface area contributed by atoms with E-state index in [1.54, 1.807) is 0 Å². The maximum atomic E-state index is 13.5. The van der Waals surface area contributed by atoms with Crippen molar-refractivity contribution < 1.29 is 22.7 Å². The second-order valence-electron chi connectivity index (χ2n) is 3.98. The van der Waals surface area contributed by atoms with Gasteiger partial charge in [0.1, 0.15) is 5.82 Å². The Bertz CT molecular complexity index is 375. The number of hydrogen-bond donors (Lipinski definition) is 1. The van der Waals surface area contributed by atoms with Gasteiger partial charge < -0.3 is 5.11 Å². The molecule has 0 heterocycles. The normalized spacial score (nSPS) is 15.6. The highest BCUT2D eigenvalue weighted by Gasteiger charge is 2.36. The predicted molar refractivity (Wildman–Crippen MR) is 55.9 cm³/mol. The van der Waals surface area contributed by atoms with Crippen LogP contribution in [-0.4, -0.2) is 11.3 Å². The molecule has 0 aliphatic heterocycles. The maximum absolute atomic E-state index is 13.5. The largest absolute Gasteiger partial charge is 0.389 e. The zero-order valence-corrected chi connectivity index (χ0v) is 9.39. The first-order valence-corrected chi connectivity index (χ1v) is 5.32. The number of hydrogen-bond acceptors (Lipinski definition) is 1. The summed E-state index contributed by atoms with van der Waals surface area (Å²) in [5.41, 5.74) is -1.84. The fraction of sp³-hybridized carbons (Fsp3) is 0.500. The van der Waals surface area contributed by atoms with Gasteiger partial charge in [-0.3, -0.25) is 0 Å². The number of halogens is 4. The van der Waals surface area contributed by atoms with E-state index in [0.29, 0.717) is 0 Å². The molecule has 1 unspecified atom stereocenters. The molecule has 5 heteroatoms. The third-order valence-corrected chi connectivity index (χ3v) is 2.78. The van der Waals surface area contributed by atoms with Crippen molar-refractivity contribution in [3.63, 3.8) is 0 Å². The van der Waals surface area contributed by atoms with Crippen LogP contribution in [0.4, 0.5) is 17.6 Å². The molecule has 1 rings (SSSR count). The molecule has 0 saturated carbocycles. The average molecular weight is 250 g/mol. The lowest BCUT2D eigenvalue weighted by Gasteiger charge is -2.28. The summed E-state index contributed by atoms with van der Waals surface area (Å²) >= 11 is 0. The van der Waals surface area contributed by atoms with E-state index in [9.17, 15) is 22.7 Å². The van der Waals surface area contributed by atoms with Crippen LogP contribution in [-0.2, 0) is 5.60 Å². The molecular weight excluding hydrogens is 236 g/mol. The van der Waals surface area contributed by atoms with Crippen molar-refractivity contribution in [3.05, 3.63) is 35.6 Å². The van der Waals surface area contributed by atoms with Crippen LogP contribution in [0.1, 0.15) is 31.7 Å². The van der Waals surface area contributed by atoms with Crippen LogP contribution in [0, 0.1) is 5.82 Å². The molecule has 0 bridgehead atoms. The minimum Gasteiger partial charge on any atom is -0.385 e. The fourth-order valence-corrected chi connectivity index (χ4v) is 1.69. The van der Waals surface area contributed by atoms with Gasteiger partial charge in [-0.25, -0.2) is 4.39 Å². The van der Waals surface area contributed by atoms with Crippen molar-refractivity contribution in [2.24, 2.45) is 0 Å². The molecule has 1 nitrogen and oxygen atoms in total. The van der Waals surface area contributed by atoms with Crippen LogP contribution in [0.15, 0.2) is 24.3 Å². The highest BCUT2D eigenvalue weighted by atomic mass is 19.4. The standard InChI is InChI=1S/C12H14F4O/c1-2-11(17,7-8-12(14,15)16)9-5-3-4-6-10(9)13/h3-6,17H,2,7-8H2,1H3. The monoisotopic (exact) mass is 250 g/mol. The third-order valence-electron chi connectivity index (χ3n) is 2.78. The Kier molecular flexibility index (Phi) is 4.14. The first kappa shape index (κ1) is 14.0. The molecule has 0 aromatic heterocycles. The quantitative estimate of drug-likeness (QED) is 0.806. The van der Waals surface area contributed by atoms with Gasteiger partial charge in [0, 0.05) is 12.0 Å². The number of rotatable bonds is 4. The SMILES string of the molecule is CCC(O)(CCC(F)(F)F)c1ccccc1F. The fourth-order valence-electron chi connectivity index (χ4n) is 1.69. The predicted octanol–water partition coefficient (Wildman–Crippen LogP) is 3.77. The molecule has 0 radical (unpaired) electrons. The Labute approximate surface area is 97.1 Å². The topological polar surface area (TPSA) is 20.2 Å². The van der Waals surface area contributed by atoms with Crippen LogP contribution >= 0.6 is 0 Å². The molecule has 1 aromatic carbocycles. The van der Waals surface area contributed by atoms with Crippen LogP contribution in [0.25, 0.3) is 0 Å². The Morgan fingerprint density at radius 2 is 1.71 bits per heavy atom. The summed E-state index contributed by atoms with van der Waals surface area (Å²) < 4.78 is 49.9. The lowest BCUT2D eigenvalue weighted by Crippen LogP contribution is -2.28. The summed E-state index contributed by atoms with van der Waals surface area (Å²) in [6.07, 6.45) is -5.99. The van der Waals surface area contributed by atoms with E-state index in [2.05, 4.69) is 0 Å². The summed E-state index contributed by atoms with van der Waals surface area (Å²) in [6.45, 7) is 1.53. The van der Waals surface area contributed by atoms with E-state index in [1.807, 2.05) is 0 Å². The zero-order valence-electron chi connectivity index (χ0n) is 9.39. The molecule has 1 aromatic rings. The lowest BCUT2D eigenvalue weighted by atomic mass is 9.86. The van der Waals surface area contributed by atoms with Gasteiger partial charge in [-0.1, -0.05) is 25.1 Å². The molecule has 0 saturated heterocycles. The summed E-state index contributed by atoms with van der Waals surface area (Å²) in [4.78, 5) is 0. The summed E-state index contributed by atoms with van der Waals surface area (Å²) in [6, 6.07) is 5.37. The molecule has 0 fully saturated rings. The molecule has 17 heavy (non-hydrogen) atoms. The zero-order chi connectivity index (χ0) is 13.1. The molecule has 0 spiro atoms. The van der Waals surface area contributed by atoms with Crippen molar-refractivity contribution in [3.8, 4) is 0 Å². The van der Waals surface area contributed by atoms with Gasteiger partial charge in [0.15, 0.2) is 0 Å². The van der Waals surface area contributed by atoms with Crippen molar-refractivity contribution in [2.75, 3.05) is 0 Å². The number of benzene rings is 1. The van der Waals surface area contributed by atoms with Crippen LogP contribution < -0.4 is 0 Å². The average Bonchev–Trinajstić information content (AvgIpc) is 2.26. The molecular formula is C12H14F4O. The van der Waals surface area contributed by atoms with E-state index in [4.69, 9.17) is 0 Å². The van der Waals surface area contributed by atoms with Crippen molar-refractivity contribution in [1.82, 2.24) is 0 Å². The Morgan fingerprint density at radius 3 is 2.18 bits per heavy atom. The van der Waals surface area contributed by atoms with Gasteiger partial charge in [-0.05, 0) is 18.9 Å². The van der Waals surface area contributed by atoms with E-state index in [-0.39, 0.29) is 12.0 Å². The first-order chi connectivity index (χ1) is 7.78. The van der Waals surface area contributed by atoms with Gasteiger partial charge in [-0.2, -0.15) is 13.2 Å². The summed E-state index contributed by atoms with van der Waals surface area (Å²) in [7, 11) is 0. The lowest BCUT2D eigenvalue weighted by molar-refractivity contribution is -0.148. The van der Waals surface area contributed by atoms with Crippen molar-refractivity contribution in [2.45, 2.75) is 38.0 Å². The molecule has 0 amide bonds. The summed E-state index contributed by atoms with van der Waals surface area (Å²) in [5, 5.41) is 10.1. The first-order valence-electron chi connectivity index (χ1n) is 5.32. The highest BCUT2D eigenvalue weighted by molar-refractivity contribution is 5.24. The molecule has 0 aliphatic carbocycles. The molecule has 0 aliphatic rings.